The molecule has 1 fully saturated rings. The van der Waals surface area contributed by atoms with Crippen LogP contribution in [0.25, 0.3) is 0 Å². The van der Waals surface area contributed by atoms with Crippen molar-refractivity contribution in [2.45, 2.75) is 13.0 Å². The molecule has 0 aliphatic carbocycles. The standard InChI is InChI=1S/C13H22N4O2S/c1-11(10-19-2)15-12(18)9-16-4-6-17(7-5-16)13-14-3-8-20-13/h3,8,11H,4-7,9-10H2,1-2H3,(H,15,18)/t11-/m1/s1. The number of thiazole rings is 1. The monoisotopic (exact) mass is 298 g/mol. The summed E-state index contributed by atoms with van der Waals surface area (Å²) in [6, 6.07) is 0.0594. The Labute approximate surface area is 123 Å². The molecule has 112 valence electrons. The minimum absolute atomic E-state index is 0.0594. The predicted molar refractivity (Wildman–Crippen MR) is 80.2 cm³/mol. The lowest BCUT2D eigenvalue weighted by Gasteiger charge is -2.34. The zero-order valence-electron chi connectivity index (χ0n) is 12.0. The third-order valence-electron chi connectivity index (χ3n) is 3.25. The van der Waals surface area contributed by atoms with Crippen LogP contribution in [0, 0.1) is 0 Å². The van der Waals surface area contributed by atoms with Crippen molar-refractivity contribution in [1.82, 2.24) is 15.2 Å². The van der Waals surface area contributed by atoms with Crippen molar-refractivity contribution in [1.29, 1.82) is 0 Å². The second kappa shape index (κ2) is 7.56. The first kappa shape index (κ1) is 15.2. The van der Waals surface area contributed by atoms with Gasteiger partial charge >= 0.3 is 0 Å². The van der Waals surface area contributed by atoms with Crippen molar-refractivity contribution >= 4 is 22.4 Å². The molecule has 0 aromatic carbocycles. The number of rotatable bonds is 6. The number of aromatic nitrogens is 1. The minimum atomic E-state index is 0.0594. The lowest BCUT2D eigenvalue weighted by molar-refractivity contribution is -0.123. The van der Waals surface area contributed by atoms with Crippen molar-refractivity contribution in [3.05, 3.63) is 11.6 Å². The molecule has 0 unspecified atom stereocenters. The summed E-state index contributed by atoms with van der Waals surface area (Å²) in [6.07, 6.45) is 1.83. The fourth-order valence-electron chi connectivity index (χ4n) is 2.28. The van der Waals surface area contributed by atoms with Gasteiger partial charge in [-0.15, -0.1) is 11.3 Å². The molecule has 1 amide bonds. The molecule has 1 aromatic heterocycles. The molecule has 0 saturated carbocycles. The Balaban J connectivity index is 1.70. The van der Waals surface area contributed by atoms with Gasteiger partial charge in [0.25, 0.3) is 0 Å². The van der Waals surface area contributed by atoms with Gasteiger partial charge < -0.3 is 15.0 Å². The molecule has 0 spiro atoms. The first-order valence-corrected chi connectivity index (χ1v) is 7.72. The van der Waals surface area contributed by atoms with Gasteiger partial charge in [-0.05, 0) is 6.92 Å². The Morgan fingerprint density at radius 3 is 2.85 bits per heavy atom. The van der Waals surface area contributed by atoms with Crippen LogP contribution in [0.1, 0.15) is 6.92 Å². The molecule has 0 radical (unpaired) electrons. The highest BCUT2D eigenvalue weighted by atomic mass is 32.1. The second-order valence-corrected chi connectivity index (χ2v) is 5.87. The Kier molecular flexibility index (Phi) is 5.75. The van der Waals surface area contributed by atoms with Gasteiger partial charge in [-0.3, -0.25) is 9.69 Å². The first-order chi connectivity index (χ1) is 9.69. The fourth-order valence-corrected chi connectivity index (χ4v) is 2.98. The molecule has 20 heavy (non-hydrogen) atoms. The van der Waals surface area contributed by atoms with Gasteiger partial charge in [0, 0.05) is 50.9 Å². The third kappa shape index (κ3) is 4.43. The van der Waals surface area contributed by atoms with E-state index in [0.717, 1.165) is 31.3 Å². The number of carbonyl (C=O) groups excluding carboxylic acids is 1. The van der Waals surface area contributed by atoms with Crippen LogP contribution in [0.2, 0.25) is 0 Å². The van der Waals surface area contributed by atoms with E-state index in [9.17, 15) is 4.79 Å². The molecule has 1 saturated heterocycles. The zero-order chi connectivity index (χ0) is 14.4. The van der Waals surface area contributed by atoms with Gasteiger partial charge in [0.05, 0.1) is 13.2 Å². The van der Waals surface area contributed by atoms with Crippen LogP contribution in [-0.2, 0) is 9.53 Å². The number of ether oxygens (including phenoxy) is 1. The Bertz CT molecular complexity index is 405. The van der Waals surface area contributed by atoms with E-state index < -0.39 is 0 Å². The van der Waals surface area contributed by atoms with E-state index >= 15 is 0 Å². The number of hydrogen-bond acceptors (Lipinski definition) is 6. The van der Waals surface area contributed by atoms with E-state index in [1.165, 1.54) is 0 Å². The van der Waals surface area contributed by atoms with E-state index in [1.807, 2.05) is 18.5 Å². The summed E-state index contributed by atoms with van der Waals surface area (Å²) in [4.78, 5) is 20.6. The number of amides is 1. The second-order valence-electron chi connectivity index (χ2n) is 5.00. The first-order valence-electron chi connectivity index (χ1n) is 6.84. The molecule has 1 aromatic rings. The minimum Gasteiger partial charge on any atom is -0.383 e. The molecule has 1 N–H and O–H groups in total. The largest absolute Gasteiger partial charge is 0.383 e. The molecule has 7 heteroatoms. The van der Waals surface area contributed by atoms with Crippen LogP contribution < -0.4 is 10.2 Å². The van der Waals surface area contributed by atoms with Crippen LogP contribution in [0.15, 0.2) is 11.6 Å². The summed E-state index contributed by atoms with van der Waals surface area (Å²) >= 11 is 1.66. The summed E-state index contributed by atoms with van der Waals surface area (Å²) < 4.78 is 5.01. The summed E-state index contributed by atoms with van der Waals surface area (Å²) in [7, 11) is 1.64. The van der Waals surface area contributed by atoms with Crippen LogP contribution in [0.3, 0.4) is 0 Å². The molecule has 2 rings (SSSR count). The van der Waals surface area contributed by atoms with Crippen molar-refractivity contribution in [2.75, 3.05) is 51.3 Å². The lowest BCUT2D eigenvalue weighted by Crippen LogP contribution is -2.50. The molecular weight excluding hydrogens is 276 g/mol. The molecular formula is C13H22N4O2S. The van der Waals surface area contributed by atoms with E-state index in [0.29, 0.717) is 13.2 Å². The summed E-state index contributed by atoms with van der Waals surface area (Å²) in [5, 5.41) is 6.00. The molecule has 0 bridgehead atoms. The van der Waals surface area contributed by atoms with Crippen LogP contribution in [0.5, 0.6) is 0 Å². The normalized spacial score (nSPS) is 18.0. The Morgan fingerprint density at radius 1 is 1.50 bits per heavy atom. The van der Waals surface area contributed by atoms with Gasteiger partial charge in [-0.2, -0.15) is 0 Å². The van der Waals surface area contributed by atoms with Crippen molar-refractivity contribution < 1.29 is 9.53 Å². The van der Waals surface area contributed by atoms with Gasteiger partial charge in [0.2, 0.25) is 5.91 Å². The van der Waals surface area contributed by atoms with Crippen LogP contribution in [-0.4, -0.2) is 68.3 Å². The Hall–Kier alpha value is -1.18. The van der Waals surface area contributed by atoms with Crippen LogP contribution in [0.4, 0.5) is 5.13 Å². The number of carbonyl (C=O) groups is 1. The zero-order valence-corrected chi connectivity index (χ0v) is 12.9. The number of nitrogens with one attached hydrogen (secondary N) is 1. The topological polar surface area (TPSA) is 57.7 Å². The van der Waals surface area contributed by atoms with Gasteiger partial charge in [-0.1, -0.05) is 0 Å². The number of anilines is 1. The van der Waals surface area contributed by atoms with E-state index in [2.05, 4.69) is 20.1 Å². The average Bonchev–Trinajstić information content (AvgIpc) is 2.93. The smallest absolute Gasteiger partial charge is 0.234 e. The van der Waals surface area contributed by atoms with Crippen LogP contribution >= 0.6 is 11.3 Å². The maximum atomic E-state index is 11.9. The average molecular weight is 298 g/mol. The third-order valence-corrected chi connectivity index (χ3v) is 4.09. The molecule has 1 aliphatic heterocycles. The molecule has 2 heterocycles. The SMILES string of the molecule is COC[C@@H](C)NC(=O)CN1CCN(c2nccs2)CC1. The van der Waals surface area contributed by atoms with Gasteiger partial charge in [-0.25, -0.2) is 4.98 Å². The number of piperazine rings is 1. The number of nitrogens with zero attached hydrogens (tertiary/aromatic N) is 3. The molecule has 1 atom stereocenters. The Morgan fingerprint density at radius 2 is 2.25 bits per heavy atom. The number of methoxy groups -OCH3 is 1. The molecule has 6 nitrogen and oxygen atoms in total. The maximum Gasteiger partial charge on any atom is 0.234 e. The van der Waals surface area contributed by atoms with E-state index in [4.69, 9.17) is 4.74 Å². The van der Waals surface area contributed by atoms with Gasteiger partial charge in [0.1, 0.15) is 0 Å². The summed E-state index contributed by atoms with van der Waals surface area (Å²) in [6.45, 7) is 6.59. The lowest BCUT2D eigenvalue weighted by atomic mass is 10.3. The van der Waals surface area contributed by atoms with Gasteiger partial charge in [0.15, 0.2) is 5.13 Å². The number of hydrogen-bond donors (Lipinski definition) is 1. The summed E-state index contributed by atoms with van der Waals surface area (Å²) in [5.74, 6) is 0.0669. The predicted octanol–water partition coefficient (Wildman–Crippen LogP) is 0.416. The molecule has 1 aliphatic rings. The van der Waals surface area contributed by atoms with E-state index in [1.54, 1.807) is 18.4 Å². The highest BCUT2D eigenvalue weighted by Gasteiger charge is 2.20. The highest BCUT2D eigenvalue weighted by Crippen LogP contribution is 2.18. The van der Waals surface area contributed by atoms with Crippen molar-refractivity contribution in [3.8, 4) is 0 Å². The maximum absolute atomic E-state index is 11.9. The highest BCUT2D eigenvalue weighted by molar-refractivity contribution is 7.13. The fraction of sp³-hybridized carbons (Fsp3) is 0.692. The quantitative estimate of drug-likeness (QED) is 0.825. The van der Waals surface area contributed by atoms with Crippen molar-refractivity contribution in [2.24, 2.45) is 0 Å². The van der Waals surface area contributed by atoms with E-state index in [-0.39, 0.29) is 11.9 Å². The van der Waals surface area contributed by atoms with Crippen molar-refractivity contribution in [3.63, 3.8) is 0 Å². The summed E-state index contributed by atoms with van der Waals surface area (Å²) in [5.41, 5.74) is 0.